The molecule has 0 saturated heterocycles. The second-order valence-corrected chi connectivity index (χ2v) is 3.34. The summed E-state index contributed by atoms with van der Waals surface area (Å²) in [6.45, 7) is 0. The average Bonchev–Trinajstić information content (AvgIpc) is 2.53. The first-order valence-electron chi connectivity index (χ1n) is 3.59. The predicted octanol–water partition coefficient (Wildman–Crippen LogP) is 2.08. The molecule has 0 radical (unpaired) electrons. The minimum atomic E-state index is 0.153. The normalized spacial score (nSPS) is 10.2. The Morgan fingerprint density at radius 3 is 2.62 bits per heavy atom. The van der Waals surface area contributed by atoms with E-state index >= 15 is 0 Å². The van der Waals surface area contributed by atoms with Crippen molar-refractivity contribution in [2.45, 2.75) is 0 Å². The maximum absolute atomic E-state index is 5.33. The molecule has 0 bridgehead atoms. The second kappa shape index (κ2) is 3.18. The van der Waals surface area contributed by atoms with E-state index in [0.717, 1.165) is 4.47 Å². The van der Waals surface area contributed by atoms with Crippen LogP contribution >= 0.6 is 15.9 Å². The first-order valence-corrected chi connectivity index (χ1v) is 4.38. The topological polar surface area (TPSA) is 64.9 Å². The number of nitrogens with two attached hydrogens (primary N) is 1. The van der Waals surface area contributed by atoms with Crippen molar-refractivity contribution in [2.75, 3.05) is 5.73 Å². The minimum absolute atomic E-state index is 0.153. The zero-order valence-electron chi connectivity index (χ0n) is 6.57. The lowest BCUT2D eigenvalue weighted by Gasteiger charge is -1.93. The number of nitrogen functional groups attached to an aromatic ring is 1. The van der Waals surface area contributed by atoms with Crippen LogP contribution in [0, 0.1) is 0 Å². The fourth-order valence-electron chi connectivity index (χ4n) is 0.928. The third-order valence-electron chi connectivity index (χ3n) is 1.50. The third kappa shape index (κ3) is 1.70. The number of hydrogen-bond donors (Lipinski definition) is 1. The molecule has 2 aromatic heterocycles. The van der Waals surface area contributed by atoms with E-state index < -0.39 is 0 Å². The number of hydrogen-bond acceptors (Lipinski definition) is 4. The Bertz CT molecular complexity index is 410. The molecule has 0 unspecified atom stereocenters. The molecule has 2 heterocycles. The Balaban J connectivity index is 2.41. The Morgan fingerprint density at radius 2 is 2.08 bits per heavy atom. The van der Waals surface area contributed by atoms with Crippen molar-refractivity contribution < 1.29 is 4.42 Å². The van der Waals surface area contributed by atoms with Gasteiger partial charge in [0.1, 0.15) is 5.69 Å². The van der Waals surface area contributed by atoms with E-state index in [1.807, 2.05) is 12.1 Å². The lowest BCUT2D eigenvalue weighted by molar-refractivity contribution is 0.592. The molecular weight excluding hydrogens is 234 g/mol. The highest BCUT2D eigenvalue weighted by molar-refractivity contribution is 9.10. The summed E-state index contributed by atoms with van der Waals surface area (Å²) >= 11 is 3.29. The zero-order chi connectivity index (χ0) is 9.26. The number of rotatable bonds is 1. The summed E-state index contributed by atoms with van der Waals surface area (Å²) in [5.41, 5.74) is 6.05. The lowest BCUT2D eigenvalue weighted by atomic mass is 10.3. The van der Waals surface area contributed by atoms with E-state index in [2.05, 4.69) is 25.9 Å². The van der Waals surface area contributed by atoms with Crippen LogP contribution in [-0.2, 0) is 0 Å². The van der Waals surface area contributed by atoms with Gasteiger partial charge in [0.15, 0.2) is 5.76 Å². The van der Waals surface area contributed by atoms with Gasteiger partial charge in [-0.25, -0.2) is 4.98 Å². The SMILES string of the molecule is Nc1ncc(-c2ccc(Br)cn2)o1. The molecule has 5 heteroatoms. The quantitative estimate of drug-likeness (QED) is 0.828. The van der Waals surface area contributed by atoms with Crippen molar-refractivity contribution in [3.63, 3.8) is 0 Å². The van der Waals surface area contributed by atoms with Crippen molar-refractivity contribution >= 4 is 21.9 Å². The van der Waals surface area contributed by atoms with Crippen LogP contribution in [0.25, 0.3) is 11.5 Å². The molecule has 2 N–H and O–H groups in total. The number of oxazole rings is 1. The molecular formula is C8H6BrN3O. The Kier molecular flexibility index (Phi) is 2.02. The molecule has 0 aliphatic carbocycles. The van der Waals surface area contributed by atoms with E-state index in [1.165, 1.54) is 0 Å². The molecule has 0 aliphatic heterocycles. The van der Waals surface area contributed by atoms with Crippen LogP contribution in [-0.4, -0.2) is 9.97 Å². The monoisotopic (exact) mass is 239 g/mol. The first-order chi connectivity index (χ1) is 6.25. The Morgan fingerprint density at radius 1 is 1.23 bits per heavy atom. The second-order valence-electron chi connectivity index (χ2n) is 2.42. The van der Waals surface area contributed by atoms with Gasteiger partial charge in [0.25, 0.3) is 6.01 Å². The highest BCUT2D eigenvalue weighted by atomic mass is 79.9. The average molecular weight is 240 g/mol. The molecule has 4 nitrogen and oxygen atoms in total. The molecule has 0 saturated carbocycles. The minimum Gasteiger partial charge on any atom is -0.422 e. The van der Waals surface area contributed by atoms with Crippen molar-refractivity contribution in [2.24, 2.45) is 0 Å². The predicted molar refractivity (Wildman–Crippen MR) is 51.8 cm³/mol. The van der Waals surface area contributed by atoms with Gasteiger partial charge < -0.3 is 10.2 Å². The van der Waals surface area contributed by atoms with Crippen molar-refractivity contribution in [3.8, 4) is 11.5 Å². The Labute approximate surface area is 82.9 Å². The van der Waals surface area contributed by atoms with Gasteiger partial charge in [-0.3, -0.25) is 4.98 Å². The smallest absolute Gasteiger partial charge is 0.292 e. The largest absolute Gasteiger partial charge is 0.422 e. The number of halogens is 1. The van der Waals surface area contributed by atoms with E-state index in [1.54, 1.807) is 12.4 Å². The molecule has 0 spiro atoms. The maximum Gasteiger partial charge on any atom is 0.292 e. The van der Waals surface area contributed by atoms with E-state index in [-0.39, 0.29) is 6.01 Å². The highest BCUT2D eigenvalue weighted by Crippen LogP contribution is 2.20. The van der Waals surface area contributed by atoms with Gasteiger partial charge >= 0.3 is 0 Å². The van der Waals surface area contributed by atoms with E-state index in [0.29, 0.717) is 11.5 Å². The molecule has 0 atom stereocenters. The summed E-state index contributed by atoms with van der Waals surface area (Å²) in [6.07, 6.45) is 3.24. The molecule has 0 amide bonds. The van der Waals surface area contributed by atoms with Crippen LogP contribution in [0.2, 0.25) is 0 Å². The summed E-state index contributed by atoms with van der Waals surface area (Å²) in [4.78, 5) is 7.90. The molecule has 0 fully saturated rings. The summed E-state index contributed by atoms with van der Waals surface area (Å²) in [5, 5.41) is 0. The summed E-state index contributed by atoms with van der Waals surface area (Å²) in [5.74, 6) is 0.574. The number of anilines is 1. The summed E-state index contributed by atoms with van der Waals surface area (Å²) in [7, 11) is 0. The molecule has 0 aromatic carbocycles. The molecule has 66 valence electrons. The molecule has 2 rings (SSSR count). The van der Waals surface area contributed by atoms with Gasteiger partial charge in [-0.2, -0.15) is 0 Å². The molecule has 0 aliphatic rings. The van der Waals surface area contributed by atoms with Gasteiger partial charge in [-0.15, -0.1) is 0 Å². The van der Waals surface area contributed by atoms with Crippen LogP contribution in [0.1, 0.15) is 0 Å². The van der Waals surface area contributed by atoms with Gasteiger partial charge in [-0.05, 0) is 28.1 Å². The van der Waals surface area contributed by atoms with Gasteiger partial charge in [0.05, 0.1) is 6.20 Å². The van der Waals surface area contributed by atoms with Crippen LogP contribution < -0.4 is 5.73 Å². The molecule has 13 heavy (non-hydrogen) atoms. The van der Waals surface area contributed by atoms with Crippen LogP contribution in [0.15, 0.2) is 33.4 Å². The fraction of sp³-hybridized carbons (Fsp3) is 0. The van der Waals surface area contributed by atoms with Crippen LogP contribution in [0.5, 0.6) is 0 Å². The summed E-state index contributed by atoms with van der Waals surface area (Å²) in [6, 6.07) is 3.85. The van der Waals surface area contributed by atoms with Gasteiger partial charge in [0, 0.05) is 10.7 Å². The Hall–Kier alpha value is -1.36. The maximum atomic E-state index is 5.33. The van der Waals surface area contributed by atoms with E-state index in [9.17, 15) is 0 Å². The number of pyridine rings is 1. The first kappa shape index (κ1) is 8.25. The lowest BCUT2D eigenvalue weighted by Crippen LogP contribution is -1.81. The van der Waals surface area contributed by atoms with Gasteiger partial charge in [-0.1, -0.05) is 0 Å². The number of nitrogens with zero attached hydrogens (tertiary/aromatic N) is 2. The fourth-order valence-corrected chi connectivity index (χ4v) is 1.16. The zero-order valence-corrected chi connectivity index (χ0v) is 8.15. The molecule has 2 aromatic rings. The van der Waals surface area contributed by atoms with Crippen LogP contribution in [0.3, 0.4) is 0 Å². The van der Waals surface area contributed by atoms with Crippen molar-refractivity contribution in [3.05, 3.63) is 29.0 Å². The summed E-state index contributed by atoms with van der Waals surface area (Å²) < 4.78 is 6.02. The van der Waals surface area contributed by atoms with Crippen molar-refractivity contribution in [1.29, 1.82) is 0 Å². The van der Waals surface area contributed by atoms with Gasteiger partial charge in [0.2, 0.25) is 0 Å². The van der Waals surface area contributed by atoms with Crippen molar-refractivity contribution in [1.82, 2.24) is 9.97 Å². The number of aromatic nitrogens is 2. The van der Waals surface area contributed by atoms with Crippen LogP contribution in [0.4, 0.5) is 6.01 Å². The third-order valence-corrected chi connectivity index (χ3v) is 1.97. The highest BCUT2D eigenvalue weighted by Gasteiger charge is 2.04. The standard InChI is InChI=1S/C8H6BrN3O/c9-5-1-2-6(11-3-5)7-4-12-8(10)13-7/h1-4H,(H2,10,12). The van der Waals surface area contributed by atoms with E-state index in [4.69, 9.17) is 10.2 Å².